The number of nitrogens with zero attached hydrogens (tertiary/aromatic N) is 3. The maximum absolute atomic E-state index is 12.9. The van der Waals surface area contributed by atoms with Crippen molar-refractivity contribution < 1.29 is 30.9 Å². The van der Waals surface area contributed by atoms with Gasteiger partial charge in [0.25, 0.3) is 0 Å². The van der Waals surface area contributed by atoms with E-state index in [0.29, 0.717) is 30.7 Å². The van der Waals surface area contributed by atoms with Crippen LogP contribution in [-0.2, 0) is 27.4 Å². The number of aryl methyl sites for hydroxylation is 1. The Kier molecular flexibility index (Phi) is 6.46. The van der Waals surface area contributed by atoms with Crippen molar-refractivity contribution >= 4 is 15.9 Å². The predicted molar refractivity (Wildman–Crippen MR) is 98.7 cm³/mol. The number of sulfonamides is 1. The third kappa shape index (κ3) is 5.17. The van der Waals surface area contributed by atoms with E-state index in [2.05, 4.69) is 15.5 Å². The van der Waals surface area contributed by atoms with E-state index in [0.717, 1.165) is 22.5 Å². The van der Waals surface area contributed by atoms with Gasteiger partial charge in [0.2, 0.25) is 21.8 Å². The Morgan fingerprint density at radius 2 is 2.00 bits per heavy atom. The van der Waals surface area contributed by atoms with Crippen LogP contribution in [0.25, 0.3) is 0 Å². The molecular weight excluding hydrogens is 425 g/mol. The van der Waals surface area contributed by atoms with Crippen molar-refractivity contribution in [3.63, 3.8) is 0 Å². The van der Waals surface area contributed by atoms with Gasteiger partial charge >= 0.3 is 6.18 Å². The molecule has 2 heterocycles. The summed E-state index contributed by atoms with van der Waals surface area (Å²) >= 11 is 0. The first kappa shape index (κ1) is 22.2. The molecule has 0 unspecified atom stereocenters. The molecule has 1 aliphatic heterocycles. The smallest absolute Gasteiger partial charge is 0.355 e. The average molecular weight is 446 g/mol. The number of carbonyl (C=O) groups is 1. The van der Waals surface area contributed by atoms with Crippen LogP contribution < -0.4 is 5.32 Å². The van der Waals surface area contributed by atoms with E-state index in [9.17, 15) is 26.4 Å². The highest BCUT2D eigenvalue weighted by Crippen LogP contribution is 2.32. The highest BCUT2D eigenvalue weighted by atomic mass is 32.2. The molecule has 1 fully saturated rings. The van der Waals surface area contributed by atoms with Crippen LogP contribution in [0, 0.1) is 12.8 Å². The number of rotatable bonds is 6. The van der Waals surface area contributed by atoms with Gasteiger partial charge in [-0.15, -0.1) is 0 Å². The summed E-state index contributed by atoms with van der Waals surface area (Å²) in [4.78, 5) is 15.9. The van der Waals surface area contributed by atoms with Crippen molar-refractivity contribution in [3.05, 3.63) is 41.5 Å². The van der Waals surface area contributed by atoms with Gasteiger partial charge in [-0.1, -0.05) is 11.2 Å². The Hall–Kier alpha value is -2.47. The maximum atomic E-state index is 12.9. The number of benzene rings is 1. The van der Waals surface area contributed by atoms with Crippen LogP contribution in [0.15, 0.2) is 33.7 Å². The fourth-order valence-electron chi connectivity index (χ4n) is 3.22. The third-order valence-corrected chi connectivity index (χ3v) is 6.73. The molecule has 3 rings (SSSR count). The second-order valence-corrected chi connectivity index (χ2v) is 8.92. The Labute approximate surface area is 171 Å². The van der Waals surface area contributed by atoms with E-state index in [1.54, 1.807) is 6.92 Å². The molecular formula is C18H21F3N4O4S. The monoisotopic (exact) mass is 446 g/mol. The quantitative estimate of drug-likeness (QED) is 0.729. The predicted octanol–water partition coefficient (Wildman–Crippen LogP) is 2.16. The molecule has 8 nitrogen and oxygen atoms in total. The molecule has 0 saturated carbocycles. The topological polar surface area (TPSA) is 105 Å². The fraction of sp³-hybridized carbons (Fsp3) is 0.500. The fourth-order valence-corrected chi connectivity index (χ4v) is 4.73. The summed E-state index contributed by atoms with van der Waals surface area (Å²) in [6.45, 7) is 2.11. The van der Waals surface area contributed by atoms with Crippen molar-refractivity contribution in [2.24, 2.45) is 5.92 Å². The average Bonchev–Trinajstić information content (AvgIpc) is 3.12. The van der Waals surface area contributed by atoms with E-state index in [4.69, 9.17) is 4.52 Å². The summed E-state index contributed by atoms with van der Waals surface area (Å²) < 4.78 is 70.1. The molecule has 0 radical (unpaired) electrons. The SMILES string of the molecule is Cc1noc(CCNC(=O)C2CCN(S(=O)(=O)c3cccc(C(F)(F)F)c3)CC2)n1. The Morgan fingerprint density at radius 3 is 2.60 bits per heavy atom. The molecule has 1 aromatic carbocycles. The van der Waals surface area contributed by atoms with E-state index >= 15 is 0 Å². The Bertz CT molecular complexity index is 999. The maximum Gasteiger partial charge on any atom is 0.416 e. The van der Waals surface area contributed by atoms with Gasteiger partial charge in [0.15, 0.2) is 5.82 Å². The minimum Gasteiger partial charge on any atom is -0.355 e. The second-order valence-electron chi connectivity index (χ2n) is 6.98. The summed E-state index contributed by atoms with van der Waals surface area (Å²) in [5.41, 5.74) is -1.02. The van der Waals surface area contributed by atoms with Crippen LogP contribution in [0.4, 0.5) is 13.2 Å². The number of hydrogen-bond donors (Lipinski definition) is 1. The zero-order valence-electron chi connectivity index (χ0n) is 16.1. The summed E-state index contributed by atoms with van der Waals surface area (Å²) in [7, 11) is -4.07. The van der Waals surface area contributed by atoms with Crippen molar-refractivity contribution in [1.29, 1.82) is 0 Å². The molecule has 2 aromatic rings. The summed E-state index contributed by atoms with van der Waals surface area (Å²) in [5.74, 6) is 0.338. The van der Waals surface area contributed by atoms with Crippen LogP contribution in [0.2, 0.25) is 0 Å². The minimum absolute atomic E-state index is 0.0551. The third-order valence-electron chi connectivity index (χ3n) is 4.83. The first-order chi connectivity index (χ1) is 14.1. The normalized spacial score (nSPS) is 16.5. The minimum atomic E-state index is -4.63. The van der Waals surface area contributed by atoms with Crippen LogP contribution in [-0.4, -0.2) is 48.4 Å². The molecule has 1 aromatic heterocycles. The van der Waals surface area contributed by atoms with Crippen molar-refractivity contribution in [2.75, 3.05) is 19.6 Å². The van der Waals surface area contributed by atoms with Crippen molar-refractivity contribution in [1.82, 2.24) is 19.8 Å². The molecule has 30 heavy (non-hydrogen) atoms. The lowest BCUT2D eigenvalue weighted by Crippen LogP contribution is -2.43. The summed E-state index contributed by atoms with van der Waals surface area (Å²) in [6, 6.07) is 3.67. The highest BCUT2D eigenvalue weighted by molar-refractivity contribution is 7.89. The molecule has 1 aliphatic rings. The number of amides is 1. The molecule has 0 spiro atoms. The van der Waals surface area contributed by atoms with Gasteiger partial charge in [0.1, 0.15) is 0 Å². The number of hydrogen-bond acceptors (Lipinski definition) is 6. The van der Waals surface area contributed by atoms with Gasteiger partial charge in [-0.25, -0.2) is 8.42 Å². The molecule has 0 atom stereocenters. The molecule has 164 valence electrons. The Morgan fingerprint density at radius 1 is 1.30 bits per heavy atom. The summed E-state index contributed by atoms with van der Waals surface area (Å²) in [5, 5.41) is 6.42. The molecule has 1 amide bonds. The van der Waals surface area contributed by atoms with E-state index in [-0.39, 0.29) is 37.8 Å². The van der Waals surface area contributed by atoms with Crippen molar-refractivity contribution in [3.8, 4) is 0 Å². The Balaban J connectivity index is 1.54. The number of piperidine rings is 1. The van der Waals surface area contributed by atoms with E-state index in [1.165, 1.54) is 0 Å². The first-order valence-electron chi connectivity index (χ1n) is 9.31. The lowest BCUT2D eigenvalue weighted by molar-refractivity contribution is -0.137. The van der Waals surface area contributed by atoms with Gasteiger partial charge in [-0.3, -0.25) is 4.79 Å². The lowest BCUT2D eigenvalue weighted by atomic mass is 9.97. The number of nitrogens with one attached hydrogen (secondary N) is 1. The number of halogens is 3. The van der Waals surface area contributed by atoms with Gasteiger partial charge in [-0.2, -0.15) is 22.5 Å². The highest BCUT2D eigenvalue weighted by Gasteiger charge is 2.35. The van der Waals surface area contributed by atoms with Gasteiger partial charge in [-0.05, 0) is 38.0 Å². The van der Waals surface area contributed by atoms with Crippen LogP contribution in [0.5, 0.6) is 0 Å². The van der Waals surface area contributed by atoms with Gasteiger partial charge in [0.05, 0.1) is 10.5 Å². The largest absolute Gasteiger partial charge is 0.416 e. The lowest BCUT2D eigenvalue weighted by Gasteiger charge is -2.30. The molecule has 1 saturated heterocycles. The standard InChI is InChI=1S/C18H21F3N4O4S/c1-12-23-16(29-24-12)5-8-22-17(26)13-6-9-25(10-7-13)30(27,28)15-4-2-3-14(11-15)18(19,20)21/h2-4,11,13H,5-10H2,1H3,(H,22,26). The number of carbonyl (C=O) groups excluding carboxylic acids is 1. The van der Waals surface area contributed by atoms with Crippen LogP contribution in [0.3, 0.4) is 0 Å². The van der Waals surface area contributed by atoms with E-state index < -0.39 is 26.7 Å². The molecule has 0 bridgehead atoms. The van der Waals surface area contributed by atoms with Crippen LogP contribution >= 0.6 is 0 Å². The number of aromatic nitrogens is 2. The molecule has 1 N–H and O–H groups in total. The zero-order valence-corrected chi connectivity index (χ0v) is 17.0. The van der Waals surface area contributed by atoms with Gasteiger partial charge < -0.3 is 9.84 Å². The molecule has 0 aliphatic carbocycles. The second kappa shape index (κ2) is 8.72. The molecule has 12 heteroatoms. The number of alkyl halides is 3. The van der Waals surface area contributed by atoms with E-state index in [1.807, 2.05) is 0 Å². The van der Waals surface area contributed by atoms with Gasteiger partial charge in [0, 0.05) is 32.0 Å². The summed E-state index contributed by atoms with van der Waals surface area (Å²) in [6.07, 6.45) is -3.68. The van der Waals surface area contributed by atoms with Crippen LogP contribution in [0.1, 0.15) is 30.1 Å². The van der Waals surface area contributed by atoms with Crippen molar-refractivity contribution in [2.45, 2.75) is 37.3 Å². The first-order valence-corrected chi connectivity index (χ1v) is 10.8. The zero-order chi connectivity index (χ0) is 21.9.